The van der Waals surface area contributed by atoms with Crippen LogP contribution < -0.4 is 4.90 Å². The first-order valence-corrected chi connectivity index (χ1v) is 16.9. The summed E-state index contributed by atoms with van der Waals surface area (Å²) in [6.45, 7) is 0. The highest BCUT2D eigenvalue weighted by molar-refractivity contribution is 6.11. The second-order valence-electron chi connectivity index (χ2n) is 12.8. The summed E-state index contributed by atoms with van der Waals surface area (Å²) in [5, 5.41) is 8.25. The van der Waals surface area contributed by atoms with Gasteiger partial charge in [-0.2, -0.15) is 0 Å². The predicted molar refractivity (Wildman–Crippen MR) is 210 cm³/mol. The third-order valence-corrected chi connectivity index (χ3v) is 9.87. The number of aromatic nitrogens is 1. The van der Waals surface area contributed by atoms with Gasteiger partial charge in [-0.15, -0.1) is 0 Å². The molecule has 8 aromatic carbocycles. The van der Waals surface area contributed by atoms with Gasteiger partial charge in [-0.3, -0.25) is 4.98 Å². The van der Waals surface area contributed by atoms with E-state index in [0.29, 0.717) is 0 Å². The van der Waals surface area contributed by atoms with E-state index in [0.717, 1.165) is 49.9 Å². The van der Waals surface area contributed by atoms with Gasteiger partial charge < -0.3 is 9.32 Å². The number of benzene rings is 8. The third kappa shape index (κ3) is 4.79. The lowest BCUT2D eigenvalue weighted by atomic mass is 9.97. The van der Waals surface area contributed by atoms with Crippen molar-refractivity contribution >= 4 is 71.4 Å². The van der Waals surface area contributed by atoms with Crippen molar-refractivity contribution < 1.29 is 4.42 Å². The average molecular weight is 639 g/mol. The van der Waals surface area contributed by atoms with Crippen molar-refractivity contribution in [3.63, 3.8) is 0 Å². The summed E-state index contributed by atoms with van der Waals surface area (Å²) in [7, 11) is 0. The molecular formula is C47H30N2O. The van der Waals surface area contributed by atoms with Gasteiger partial charge in [-0.25, -0.2) is 0 Å². The molecule has 2 aromatic heterocycles. The van der Waals surface area contributed by atoms with Gasteiger partial charge in [0.15, 0.2) is 0 Å². The Morgan fingerprint density at radius 3 is 1.76 bits per heavy atom. The minimum atomic E-state index is 0.859. The van der Waals surface area contributed by atoms with E-state index in [1.807, 2.05) is 12.3 Å². The molecule has 10 aromatic rings. The summed E-state index contributed by atoms with van der Waals surface area (Å²) in [4.78, 5) is 6.94. The Bertz CT molecular complexity index is 2850. The Kier molecular flexibility index (Phi) is 6.49. The minimum Gasteiger partial charge on any atom is -0.456 e. The smallest absolute Gasteiger partial charge is 0.136 e. The van der Waals surface area contributed by atoms with Crippen LogP contribution in [0.3, 0.4) is 0 Å². The van der Waals surface area contributed by atoms with Crippen LogP contribution in [0.25, 0.3) is 76.6 Å². The zero-order valence-electron chi connectivity index (χ0n) is 27.1. The summed E-state index contributed by atoms with van der Waals surface area (Å²) in [6.07, 6.45) is 1.84. The fraction of sp³-hybridized carbons (Fsp3) is 0. The van der Waals surface area contributed by atoms with Gasteiger partial charge in [0, 0.05) is 39.4 Å². The number of nitrogens with zero attached hydrogens (tertiary/aromatic N) is 2. The van der Waals surface area contributed by atoms with Crippen LogP contribution in [0, 0.1) is 0 Å². The van der Waals surface area contributed by atoms with Crippen LogP contribution in [-0.2, 0) is 0 Å². The lowest BCUT2D eigenvalue weighted by molar-refractivity contribution is 0.669. The van der Waals surface area contributed by atoms with E-state index in [9.17, 15) is 0 Å². The first-order chi connectivity index (χ1) is 24.7. The number of rotatable bonds is 5. The maximum Gasteiger partial charge on any atom is 0.136 e. The van der Waals surface area contributed by atoms with Crippen LogP contribution in [0.5, 0.6) is 0 Å². The highest BCUT2D eigenvalue weighted by Crippen LogP contribution is 2.41. The summed E-state index contributed by atoms with van der Waals surface area (Å²) in [5.41, 5.74) is 10.7. The van der Waals surface area contributed by atoms with E-state index >= 15 is 0 Å². The largest absolute Gasteiger partial charge is 0.456 e. The number of hydrogen-bond donors (Lipinski definition) is 0. The van der Waals surface area contributed by atoms with E-state index < -0.39 is 0 Å². The molecule has 0 atom stereocenters. The monoisotopic (exact) mass is 638 g/mol. The molecule has 0 aliphatic rings. The Hall–Kier alpha value is -6.71. The van der Waals surface area contributed by atoms with Crippen LogP contribution >= 0.6 is 0 Å². The second kappa shape index (κ2) is 11.5. The van der Waals surface area contributed by atoms with Crippen LogP contribution in [0.15, 0.2) is 187 Å². The normalized spacial score (nSPS) is 11.6. The van der Waals surface area contributed by atoms with Crippen LogP contribution in [-0.4, -0.2) is 4.98 Å². The molecule has 10 rings (SSSR count). The molecule has 50 heavy (non-hydrogen) atoms. The predicted octanol–water partition coefficient (Wildman–Crippen LogP) is 13.2. The second-order valence-corrected chi connectivity index (χ2v) is 12.8. The van der Waals surface area contributed by atoms with E-state index in [1.165, 1.54) is 43.8 Å². The molecule has 2 heterocycles. The lowest BCUT2D eigenvalue weighted by Crippen LogP contribution is -2.09. The molecule has 234 valence electrons. The molecule has 0 radical (unpaired) electrons. The zero-order chi connectivity index (χ0) is 33.0. The fourth-order valence-electron chi connectivity index (χ4n) is 7.33. The van der Waals surface area contributed by atoms with Crippen molar-refractivity contribution in [1.29, 1.82) is 0 Å². The van der Waals surface area contributed by atoms with Crippen molar-refractivity contribution in [2.24, 2.45) is 0 Å². The van der Waals surface area contributed by atoms with E-state index in [2.05, 4.69) is 180 Å². The Morgan fingerprint density at radius 1 is 0.360 bits per heavy atom. The van der Waals surface area contributed by atoms with Crippen LogP contribution in [0.4, 0.5) is 17.1 Å². The highest BCUT2D eigenvalue weighted by atomic mass is 16.3. The third-order valence-electron chi connectivity index (χ3n) is 9.87. The molecule has 3 heteroatoms. The number of furan rings is 1. The topological polar surface area (TPSA) is 29.3 Å². The molecule has 0 bridgehead atoms. The Labute approximate surface area is 289 Å². The first-order valence-electron chi connectivity index (χ1n) is 16.9. The van der Waals surface area contributed by atoms with Crippen molar-refractivity contribution in [1.82, 2.24) is 4.98 Å². The highest BCUT2D eigenvalue weighted by Gasteiger charge is 2.17. The molecular weight excluding hydrogens is 609 g/mol. The zero-order valence-corrected chi connectivity index (χ0v) is 27.1. The average Bonchev–Trinajstić information content (AvgIpc) is 3.54. The number of anilines is 3. The van der Waals surface area contributed by atoms with Gasteiger partial charge >= 0.3 is 0 Å². The number of fused-ring (bicyclic) bond motifs is 7. The molecule has 0 aliphatic heterocycles. The standard InChI is InChI=1S/C47H30N2O/c1-2-7-31(8-3-1)32-16-20-38(21-17-32)49(40-24-25-46-43(29-40)44-30-45-37(10-6-26-48-45)28-47(44)50-46)39-22-18-33(19-23-39)36-15-14-35-13-12-34-9-4-5-11-41(34)42(35)27-36/h1-30H. The van der Waals surface area contributed by atoms with E-state index in [-0.39, 0.29) is 0 Å². The van der Waals surface area contributed by atoms with Crippen molar-refractivity contribution in [3.05, 3.63) is 182 Å². The molecule has 0 amide bonds. The van der Waals surface area contributed by atoms with Gasteiger partial charge in [-0.1, -0.05) is 109 Å². The quantitative estimate of drug-likeness (QED) is 0.176. The summed E-state index contributed by atoms with van der Waals surface area (Å²) in [5.74, 6) is 0. The van der Waals surface area contributed by atoms with Gasteiger partial charge in [-0.05, 0) is 111 Å². The molecule has 3 nitrogen and oxygen atoms in total. The maximum absolute atomic E-state index is 6.35. The van der Waals surface area contributed by atoms with Crippen molar-refractivity contribution in [2.75, 3.05) is 4.90 Å². The molecule has 0 saturated heterocycles. The number of pyridine rings is 1. The molecule has 0 spiro atoms. The fourth-order valence-corrected chi connectivity index (χ4v) is 7.33. The summed E-state index contributed by atoms with van der Waals surface area (Å²) < 4.78 is 6.35. The number of hydrogen-bond acceptors (Lipinski definition) is 3. The minimum absolute atomic E-state index is 0.859. The maximum atomic E-state index is 6.35. The lowest BCUT2D eigenvalue weighted by Gasteiger charge is -2.26. The van der Waals surface area contributed by atoms with Crippen molar-refractivity contribution in [2.45, 2.75) is 0 Å². The van der Waals surface area contributed by atoms with Gasteiger partial charge in [0.05, 0.1) is 5.52 Å². The summed E-state index contributed by atoms with van der Waals surface area (Å²) >= 11 is 0. The molecule has 0 saturated carbocycles. The summed E-state index contributed by atoms with van der Waals surface area (Å²) in [6, 6.07) is 62.8. The van der Waals surface area contributed by atoms with E-state index in [4.69, 9.17) is 4.42 Å². The molecule has 0 aliphatic carbocycles. The van der Waals surface area contributed by atoms with E-state index in [1.54, 1.807) is 0 Å². The Balaban J connectivity index is 1.10. The van der Waals surface area contributed by atoms with Gasteiger partial charge in [0.25, 0.3) is 0 Å². The SMILES string of the molecule is c1ccc(-c2ccc(N(c3ccc(-c4ccc5ccc6ccccc6c5c4)cc3)c3ccc4oc5cc6cccnc6cc5c4c3)cc2)cc1. The first kappa shape index (κ1) is 28.3. The van der Waals surface area contributed by atoms with Crippen molar-refractivity contribution in [3.8, 4) is 22.3 Å². The van der Waals surface area contributed by atoms with Gasteiger partial charge in [0.1, 0.15) is 11.2 Å². The molecule has 0 fully saturated rings. The molecule has 0 unspecified atom stereocenters. The Morgan fingerprint density at radius 2 is 0.960 bits per heavy atom. The van der Waals surface area contributed by atoms with Crippen LogP contribution in [0.1, 0.15) is 0 Å². The van der Waals surface area contributed by atoms with Crippen LogP contribution in [0.2, 0.25) is 0 Å². The molecule has 0 N–H and O–H groups in total. The van der Waals surface area contributed by atoms with Gasteiger partial charge in [0.2, 0.25) is 0 Å².